The summed E-state index contributed by atoms with van der Waals surface area (Å²) in [5.74, 6) is -2.33. The normalized spacial score (nSPS) is 14.8. The molecule has 0 saturated carbocycles. The van der Waals surface area contributed by atoms with E-state index in [0.29, 0.717) is 0 Å². The topological polar surface area (TPSA) is 90.5 Å². The fourth-order valence-corrected chi connectivity index (χ4v) is 3.29. The lowest BCUT2D eigenvalue weighted by Crippen LogP contribution is -2.46. The van der Waals surface area contributed by atoms with Crippen LogP contribution >= 0.6 is 0 Å². The largest absolute Gasteiger partial charge is 0.480 e. The van der Waals surface area contributed by atoms with Crippen LogP contribution in [0.25, 0.3) is 10.9 Å². The van der Waals surface area contributed by atoms with Crippen molar-refractivity contribution in [2.75, 3.05) is 0 Å². The molecule has 3 aromatic rings. The summed E-state index contributed by atoms with van der Waals surface area (Å²) >= 11 is 0. The van der Waals surface area contributed by atoms with Crippen LogP contribution in [0.5, 0.6) is 0 Å². The van der Waals surface area contributed by atoms with Gasteiger partial charge in [-0.15, -0.1) is 0 Å². The number of carboxylic acids is 1. The Balaban J connectivity index is 1.73. The van der Waals surface area contributed by atoms with Crippen LogP contribution in [-0.2, 0) is 11.2 Å². The number of nitrogens with one attached hydrogen (secondary N) is 1. The van der Waals surface area contributed by atoms with Crippen LogP contribution in [0.4, 0.5) is 0 Å². The second-order valence-corrected chi connectivity index (χ2v) is 5.94. The number of aliphatic carboxylic acids is 1. The number of carbonyl (C=O) groups excluding carboxylic acids is 2. The summed E-state index contributed by atoms with van der Waals surface area (Å²) in [5, 5.41) is 10.5. The fraction of sp³-hybridized carbons (Fsp3) is 0.105. The molecule has 1 atom stereocenters. The number of benzene rings is 2. The van der Waals surface area contributed by atoms with E-state index in [9.17, 15) is 19.5 Å². The van der Waals surface area contributed by atoms with E-state index in [1.165, 1.54) is 0 Å². The number of hydrogen-bond donors (Lipinski definition) is 2. The van der Waals surface area contributed by atoms with Gasteiger partial charge in [-0.05, 0) is 23.8 Å². The van der Waals surface area contributed by atoms with Crippen molar-refractivity contribution in [1.82, 2.24) is 9.88 Å². The van der Waals surface area contributed by atoms with Crippen molar-refractivity contribution in [3.8, 4) is 0 Å². The number of hydrogen-bond acceptors (Lipinski definition) is 3. The van der Waals surface area contributed by atoms with E-state index in [-0.39, 0.29) is 17.5 Å². The van der Waals surface area contributed by atoms with Gasteiger partial charge in [0.2, 0.25) is 0 Å². The second kappa shape index (κ2) is 5.59. The van der Waals surface area contributed by atoms with E-state index in [2.05, 4.69) is 4.98 Å². The van der Waals surface area contributed by atoms with Crippen molar-refractivity contribution >= 4 is 28.7 Å². The Kier molecular flexibility index (Phi) is 3.39. The van der Waals surface area contributed by atoms with Gasteiger partial charge in [0.25, 0.3) is 11.8 Å². The van der Waals surface area contributed by atoms with Gasteiger partial charge in [-0.1, -0.05) is 30.3 Å². The number of para-hydroxylation sites is 1. The predicted molar refractivity (Wildman–Crippen MR) is 90.4 cm³/mol. The number of carbonyl (C=O) groups is 3. The zero-order valence-electron chi connectivity index (χ0n) is 13.1. The third-order valence-electron chi connectivity index (χ3n) is 4.51. The highest BCUT2D eigenvalue weighted by Gasteiger charge is 2.42. The summed E-state index contributed by atoms with van der Waals surface area (Å²) in [6.45, 7) is 0. The summed E-state index contributed by atoms with van der Waals surface area (Å²) < 4.78 is 0. The first-order valence-corrected chi connectivity index (χ1v) is 7.82. The van der Waals surface area contributed by atoms with E-state index >= 15 is 0 Å². The maximum Gasteiger partial charge on any atom is 0.327 e. The van der Waals surface area contributed by atoms with Gasteiger partial charge in [-0.3, -0.25) is 14.5 Å². The first-order valence-electron chi connectivity index (χ1n) is 7.82. The summed E-state index contributed by atoms with van der Waals surface area (Å²) in [4.78, 5) is 40.9. The van der Waals surface area contributed by atoms with Gasteiger partial charge < -0.3 is 10.1 Å². The van der Waals surface area contributed by atoms with E-state index in [4.69, 9.17) is 0 Å². The molecule has 0 radical (unpaired) electrons. The van der Waals surface area contributed by atoms with Crippen molar-refractivity contribution in [3.05, 3.63) is 71.4 Å². The summed E-state index contributed by atoms with van der Waals surface area (Å²) in [6, 6.07) is 12.6. The van der Waals surface area contributed by atoms with Gasteiger partial charge in [0.1, 0.15) is 6.04 Å². The first-order chi connectivity index (χ1) is 12.1. The zero-order valence-corrected chi connectivity index (χ0v) is 13.1. The minimum Gasteiger partial charge on any atom is -0.480 e. The molecule has 2 heterocycles. The molecule has 4 rings (SSSR count). The molecule has 6 nitrogen and oxygen atoms in total. The third-order valence-corrected chi connectivity index (χ3v) is 4.51. The lowest BCUT2D eigenvalue weighted by atomic mass is 10.0. The highest BCUT2D eigenvalue weighted by molar-refractivity contribution is 6.22. The number of rotatable bonds is 4. The maximum atomic E-state index is 12.6. The van der Waals surface area contributed by atoms with Gasteiger partial charge >= 0.3 is 5.97 Å². The molecule has 0 fully saturated rings. The van der Waals surface area contributed by atoms with Crippen molar-refractivity contribution < 1.29 is 19.5 Å². The number of H-pyrrole nitrogens is 1. The predicted octanol–water partition coefficient (Wildman–Crippen LogP) is 2.46. The number of imide groups is 1. The van der Waals surface area contributed by atoms with Gasteiger partial charge in [0.05, 0.1) is 11.1 Å². The Morgan fingerprint density at radius 2 is 1.60 bits per heavy atom. The fourth-order valence-electron chi connectivity index (χ4n) is 3.29. The standard InChI is InChI=1S/C19H14N2O4/c22-17-13-6-1-2-7-14(13)18(23)21(17)16(19(24)25)9-11-10-20-15-8-4-3-5-12(11)15/h1-8,10,16,20H,9H2,(H,24,25)/t16-/m1/s1. The van der Waals surface area contributed by atoms with Crippen LogP contribution < -0.4 is 0 Å². The second-order valence-electron chi connectivity index (χ2n) is 5.94. The third kappa shape index (κ3) is 2.30. The van der Waals surface area contributed by atoms with Crippen LogP contribution in [0.15, 0.2) is 54.7 Å². The number of fused-ring (bicyclic) bond motifs is 2. The minimum absolute atomic E-state index is 0.0464. The van der Waals surface area contributed by atoms with Crippen LogP contribution in [0, 0.1) is 0 Å². The molecule has 2 aromatic carbocycles. The molecule has 0 unspecified atom stereocenters. The summed E-state index contributed by atoms with van der Waals surface area (Å²) in [7, 11) is 0. The highest BCUT2D eigenvalue weighted by atomic mass is 16.4. The molecule has 6 heteroatoms. The molecule has 25 heavy (non-hydrogen) atoms. The Hall–Kier alpha value is -3.41. The average molecular weight is 334 g/mol. The number of nitrogens with zero attached hydrogens (tertiary/aromatic N) is 1. The van der Waals surface area contributed by atoms with E-state index < -0.39 is 23.8 Å². The zero-order chi connectivity index (χ0) is 17.6. The summed E-state index contributed by atoms with van der Waals surface area (Å²) in [6.07, 6.45) is 1.77. The quantitative estimate of drug-likeness (QED) is 0.717. The Morgan fingerprint density at radius 3 is 2.24 bits per heavy atom. The molecule has 124 valence electrons. The molecular weight excluding hydrogens is 320 g/mol. The van der Waals surface area contributed by atoms with E-state index in [0.717, 1.165) is 21.4 Å². The Bertz CT molecular complexity index is 986. The van der Waals surface area contributed by atoms with Gasteiger partial charge in [0, 0.05) is 23.5 Å². The van der Waals surface area contributed by atoms with Crippen LogP contribution in [0.2, 0.25) is 0 Å². The van der Waals surface area contributed by atoms with Crippen LogP contribution in [-0.4, -0.2) is 38.8 Å². The minimum atomic E-state index is -1.26. The molecule has 0 bridgehead atoms. The SMILES string of the molecule is O=C(O)[C@@H](Cc1c[nH]c2ccccc12)N1C(=O)c2ccccc2C1=O. The lowest BCUT2D eigenvalue weighted by molar-refractivity contribution is -0.141. The average Bonchev–Trinajstić information content (AvgIpc) is 3.13. The summed E-state index contributed by atoms with van der Waals surface area (Å²) in [5.41, 5.74) is 2.12. The highest BCUT2D eigenvalue weighted by Crippen LogP contribution is 2.27. The van der Waals surface area contributed by atoms with Gasteiger partial charge in [-0.2, -0.15) is 0 Å². The van der Waals surface area contributed by atoms with Crippen molar-refractivity contribution in [2.45, 2.75) is 12.5 Å². The number of carboxylic acid groups (broad SMARTS) is 1. The van der Waals surface area contributed by atoms with Crippen molar-refractivity contribution in [1.29, 1.82) is 0 Å². The number of amides is 2. The lowest BCUT2D eigenvalue weighted by Gasteiger charge is -2.22. The maximum absolute atomic E-state index is 12.6. The van der Waals surface area contributed by atoms with E-state index in [1.807, 2.05) is 24.3 Å². The monoisotopic (exact) mass is 334 g/mol. The van der Waals surface area contributed by atoms with Crippen molar-refractivity contribution in [2.24, 2.45) is 0 Å². The van der Waals surface area contributed by atoms with Gasteiger partial charge in [0.15, 0.2) is 0 Å². The molecule has 0 saturated heterocycles. The Labute approximate surface area is 142 Å². The molecule has 1 aliphatic heterocycles. The van der Waals surface area contributed by atoms with E-state index in [1.54, 1.807) is 30.5 Å². The molecular formula is C19H14N2O4. The molecule has 2 amide bonds. The molecule has 0 aliphatic carbocycles. The number of aromatic nitrogens is 1. The molecule has 1 aromatic heterocycles. The molecule has 2 N–H and O–H groups in total. The van der Waals surface area contributed by atoms with Crippen molar-refractivity contribution in [3.63, 3.8) is 0 Å². The molecule has 1 aliphatic rings. The van der Waals surface area contributed by atoms with Crippen LogP contribution in [0.1, 0.15) is 26.3 Å². The van der Waals surface area contributed by atoms with Gasteiger partial charge in [-0.25, -0.2) is 4.79 Å². The Morgan fingerprint density at radius 1 is 1.00 bits per heavy atom. The smallest absolute Gasteiger partial charge is 0.327 e. The molecule has 0 spiro atoms. The first kappa shape index (κ1) is 15.1. The number of aromatic amines is 1. The van der Waals surface area contributed by atoms with Crippen LogP contribution in [0.3, 0.4) is 0 Å².